The Hall–Kier alpha value is -3.05. The molecule has 2 heterocycles. The molecular weight excluding hydrogens is 518 g/mol. The van der Waals surface area contributed by atoms with Crippen LogP contribution < -0.4 is 0 Å². The molecule has 2 aliphatic heterocycles. The Morgan fingerprint density at radius 3 is 2.18 bits per heavy atom. The average molecular weight is 556 g/mol. The standard InChI is InChI=1S/C29H37N3O6S/c1-20(2)21-6-8-22(9-7-21)26-25(27(33)23-10-12-24(13-11-23)39(36,37)30(3)4)28(34)29(35)32(26)15-5-14-31-16-18-38-19-17-31/h6-13,20,26,33H,5,14-19H2,1-4H3/b27-25+/t26-/m0/s1. The molecule has 0 radical (unpaired) electrons. The van der Waals surface area contributed by atoms with Gasteiger partial charge in [0, 0.05) is 45.8 Å². The van der Waals surface area contributed by atoms with E-state index < -0.39 is 27.8 Å². The number of ether oxygens (including phenoxy) is 1. The Bertz CT molecular complexity index is 1330. The lowest BCUT2D eigenvalue weighted by molar-refractivity contribution is -0.140. The van der Waals surface area contributed by atoms with E-state index in [0.29, 0.717) is 32.1 Å². The summed E-state index contributed by atoms with van der Waals surface area (Å²) in [5.74, 6) is -1.41. The van der Waals surface area contributed by atoms with Gasteiger partial charge in [-0.05, 0) is 47.7 Å². The maximum absolute atomic E-state index is 13.3. The molecule has 2 saturated heterocycles. The van der Waals surface area contributed by atoms with Crippen LogP contribution in [-0.2, 0) is 24.3 Å². The highest BCUT2D eigenvalue weighted by Gasteiger charge is 2.45. The summed E-state index contributed by atoms with van der Waals surface area (Å²) < 4.78 is 31.5. The van der Waals surface area contributed by atoms with Gasteiger partial charge in [-0.3, -0.25) is 14.5 Å². The molecule has 2 aromatic rings. The fourth-order valence-electron chi connectivity index (χ4n) is 4.96. The third-order valence-electron chi connectivity index (χ3n) is 7.34. The number of carbonyl (C=O) groups is 2. The quantitative estimate of drug-likeness (QED) is 0.288. The third-order valence-corrected chi connectivity index (χ3v) is 9.17. The second-order valence-corrected chi connectivity index (χ2v) is 12.6. The summed E-state index contributed by atoms with van der Waals surface area (Å²) in [6.45, 7) is 8.34. The number of amides is 1. The number of nitrogens with zero attached hydrogens (tertiary/aromatic N) is 3. The Balaban J connectivity index is 1.70. The molecule has 210 valence electrons. The highest BCUT2D eigenvalue weighted by Crippen LogP contribution is 2.40. The number of Topliss-reactive ketones (excluding diaryl/α,β-unsaturated/α-hetero) is 1. The molecule has 0 aliphatic carbocycles. The molecule has 2 fully saturated rings. The first kappa shape index (κ1) is 28.9. The van der Waals surface area contributed by atoms with Crippen LogP contribution in [0.15, 0.2) is 59.0 Å². The van der Waals surface area contributed by atoms with Crippen LogP contribution in [0.2, 0.25) is 0 Å². The lowest BCUT2D eigenvalue weighted by Crippen LogP contribution is -2.38. The maximum atomic E-state index is 13.3. The number of aliphatic hydroxyl groups is 1. The van der Waals surface area contributed by atoms with Gasteiger partial charge in [-0.25, -0.2) is 12.7 Å². The van der Waals surface area contributed by atoms with Crippen molar-refractivity contribution in [3.63, 3.8) is 0 Å². The largest absolute Gasteiger partial charge is 0.507 e. The van der Waals surface area contributed by atoms with Gasteiger partial charge in [0.15, 0.2) is 0 Å². The molecule has 1 N–H and O–H groups in total. The fourth-order valence-corrected chi connectivity index (χ4v) is 5.86. The number of ketones is 1. The average Bonchev–Trinajstić information content (AvgIpc) is 3.18. The molecule has 39 heavy (non-hydrogen) atoms. The highest BCUT2D eigenvalue weighted by molar-refractivity contribution is 7.89. The van der Waals surface area contributed by atoms with E-state index in [9.17, 15) is 23.1 Å². The number of benzene rings is 2. The van der Waals surface area contributed by atoms with E-state index in [1.54, 1.807) is 4.90 Å². The first-order chi connectivity index (χ1) is 18.5. The lowest BCUT2D eigenvalue weighted by atomic mass is 9.93. The van der Waals surface area contributed by atoms with Crippen molar-refractivity contribution in [2.45, 2.75) is 37.1 Å². The summed E-state index contributed by atoms with van der Waals surface area (Å²) in [6, 6.07) is 12.7. The van der Waals surface area contributed by atoms with Crippen LogP contribution in [0.1, 0.15) is 48.9 Å². The maximum Gasteiger partial charge on any atom is 0.295 e. The molecule has 0 spiro atoms. The highest BCUT2D eigenvalue weighted by atomic mass is 32.2. The number of morpholine rings is 1. The number of sulfonamides is 1. The first-order valence-corrected chi connectivity index (χ1v) is 14.7. The lowest BCUT2D eigenvalue weighted by Gasteiger charge is -2.29. The Morgan fingerprint density at radius 2 is 1.62 bits per heavy atom. The van der Waals surface area contributed by atoms with Gasteiger partial charge in [-0.1, -0.05) is 38.1 Å². The van der Waals surface area contributed by atoms with Crippen molar-refractivity contribution >= 4 is 27.5 Å². The molecule has 2 aliphatic rings. The van der Waals surface area contributed by atoms with Gasteiger partial charge in [-0.2, -0.15) is 0 Å². The number of likely N-dealkylation sites (tertiary alicyclic amines) is 1. The van der Waals surface area contributed by atoms with Crippen LogP contribution in [-0.4, -0.2) is 92.8 Å². The number of hydrogen-bond donors (Lipinski definition) is 1. The zero-order valence-electron chi connectivity index (χ0n) is 23.0. The normalized spacial score (nSPS) is 20.4. The second kappa shape index (κ2) is 12.0. The molecule has 1 amide bonds. The zero-order chi connectivity index (χ0) is 28.3. The smallest absolute Gasteiger partial charge is 0.295 e. The minimum atomic E-state index is -3.66. The summed E-state index contributed by atoms with van der Waals surface area (Å²) >= 11 is 0. The van der Waals surface area contributed by atoms with E-state index in [4.69, 9.17) is 4.74 Å². The molecule has 1 atom stereocenters. The molecule has 0 saturated carbocycles. The first-order valence-electron chi connectivity index (χ1n) is 13.2. The van der Waals surface area contributed by atoms with Crippen molar-refractivity contribution in [1.29, 1.82) is 0 Å². The van der Waals surface area contributed by atoms with Crippen molar-refractivity contribution in [2.24, 2.45) is 0 Å². The van der Waals surface area contributed by atoms with Gasteiger partial charge in [0.2, 0.25) is 10.0 Å². The van der Waals surface area contributed by atoms with E-state index in [1.165, 1.54) is 38.4 Å². The van der Waals surface area contributed by atoms with E-state index in [2.05, 4.69) is 18.7 Å². The number of rotatable bonds is 9. The minimum absolute atomic E-state index is 0.00638. The number of aliphatic hydroxyl groups excluding tert-OH is 1. The molecule has 10 heteroatoms. The van der Waals surface area contributed by atoms with Crippen LogP contribution >= 0.6 is 0 Å². The van der Waals surface area contributed by atoms with E-state index in [1.807, 2.05) is 24.3 Å². The van der Waals surface area contributed by atoms with Crippen molar-refractivity contribution in [1.82, 2.24) is 14.1 Å². The Morgan fingerprint density at radius 1 is 1.00 bits per heavy atom. The van der Waals surface area contributed by atoms with Gasteiger partial charge in [0.05, 0.1) is 29.7 Å². The Labute approximate surface area is 230 Å². The van der Waals surface area contributed by atoms with Crippen molar-refractivity contribution in [2.75, 3.05) is 53.5 Å². The summed E-state index contributed by atoms with van der Waals surface area (Å²) in [4.78, 5) is 30.5. The molecular formula is C29H37N3O6S. The van der Waals surface area contributed by atoms with Crippen molar-refractivity contribution in [3.8, 4) is 0 Å². The molecule has 2 aromatic carbocycles. The summed E-state index contributed by atoms with van der Waals surface area (Å²) in [5, 5.41) is 11.3. The van der Waals surface area contributed by atoms with E-state index >= 15 is 0 Å². The van der Waals surface area contributed by atoms with E-state index in [-0.39, 0.29) is 21.8 Å². The molecule has 0 aromatic heterocycles. The van der Waals surface area contributed by atoms with Gasteiger partial charge < -0.3 is 14.7 Å². The van der Waals surface area contributed by atoms with E-state index in [0.717, 1.165) is 35.1 Å². The second-order valence-electron chi connectivity index (χ2n) is 10.4. The van der Waals surface area contributed by atoms with Gasteiger partial charge in [0.25, 0.3) is 11.7 Å². The van der Waals surface area contributed by atoms with Gasteiger partial charge in [-0.15, -0.1) is 0 Å². The summed E-state index contributed by atoms with van der Waals surface area (Å²) in [7, 11) is -0.779. The number of carbonyl (C=O) groups excluding carboxylic acids is 2. The zero-order valence-corrected chi connectivity index (χ0v) is 23.8. The van der Waals surface area contributed by atoms with Crippen LogP contribution in [0.3, 0.4) is 0 Å². The van der Waals surface area contributed by atoms with Crippen LogP contribution in [0.5, 0.6) is 0 Å². The summed E-state index contributed by atoms with van der Waals surface area (Å²) in [5.41, 5.74) is 2.13. The Kier molecular flexibility index (Phi) is 8.90. The topological polar surface area (TPSA) is 107 Å². The monoisotopic (exact) mass is 555 g/mol. The van der Waals surface area contributed by atoms with Crippen molar-refractivity contribution in [3.05, 3.63) is 70.8 Å². The SMILES string of the molecule is CC(C)c1ccc([C@H]2/C(=C(\O)c3ccc(S(=O)(=O)N(C)C)cc3)C(=O)C(=O)N2CCCN2CCOCC2)cc1. The molecule has 9 nitrogen and oxygen atoms in total. The van der Waals surface area contributed by atoms with Crippen LogP contribution in [0, 0.1) is 0 Å². The third kappa shape index (κ3) is 6.09. The molecule has 0 bridgehead atoms. The van der Waals surface area contributed by atoms with Gasteiger partial charge in [0.1, 0.15) is 5.76 Å². The van der Waals surface area contributed by atoms with Crippen LogP contribution in [0.4, 0.5) is 0 Å². The molecule has 0 unspecified atom stereocenters. The van der Waals surface area contributed by atoms with Crippen LogP contribution in [0.25, 0.3) is 5.76 Å². The number of hydrogen-bond acceptors (Lipinski definition) is 7. The summed E-state index contributed by atoms with van der Waals surface area (Å²) in [6.07, 6.45) is 0.671. The predicted molar refractivity (Wildman–Crippen MR) is 149 cm³/mol. The minimum Gasteiger partial charge on any atom is -0.507 e. The van der Waals surface area contributed by atoms with Crippen molar-refractivity contribution < 1.29 is 27.9 Å². The van der Waals surface area contributed by atoms with Gasteiger partial charge >= 0.3 is 0 Å². The predicted octanol–water partition coefficient (Wildman–Crippen LogP) is 3.20. The molecule has 4 rings (SSSR count). The fraction of sp³-hybridized carbons (Fsp3) is 0.448.